The van der Waals surface area contributed by atoms with Gasteiger partial charge in [-0.3, -0.25) is 4.79 Å². The summed E-state index contributed by atoms with van der Waals surface area (Å²) in [6, 6.07) is 5.19. The van der Waals surface area contributed by atoms with E-state index in [1.165, 1.54) is 4.90 Å². The van der Waals surface area contributed by atoms with Gasteiger partial charge in [-0.15, -0.1) is 0 Å². The number of benzene rings is 1. The van der Waals surface area contributed by atoms with Crippen LogP contribution in [0.5, 0.6) is 0 Å². The summed E-state index contributed by atoms with van der Waals surface area (Å²) in [4.78, 5) is 13.3. The molecule has 0 bridgehead atoms. The molecular weight excluding hydrogens is 283 g/mol. The van der Waals surface area contributed by atoms with E-state index in [1.807, 2.05) is 0 Å². The van der Waals surface area contributed by atoms with Crippen LogP contribution in [-0.2, 0) is 4.79 Å². The van der Waals surface area contributed by atoms with Crippen molar-refractivity contribution in [3.05, 3.63) is 23.8 Å². The minimum atomic E-state index is -4.17. The van der Waals surface area contributed by atoms with Gasteiger partial charge in [0.05, 0.1) is 6.42 Å². The van der Waals surface area contributed by atoms with Crippen molar-refractivity contribution in [2.45, 2.75) is 25.9 Å². The molecule has 0 saturated heterocycles. The van der Waals surface area contributed by atoms with Gasteiger partial charge in [0.25, 0.3) is 0 Å². The number of hydrogen-bond donors (Lipinski definition) is 2. The maximum Gasteiger partial charge on any atom is 0.390 e. The number of carbonyl (C=O) groups is 1. The topological polar surface area (TPSA) is 58.4 Å². The highest BCUT2D eigenvalue weighted by Gasteiger charge is 2.27. The zero-order chi connectivity index (χ0) is 16.0. The molecule has 0 aliphatic carbocycles. The lowest BCUT2D eigenvalue weighted by Gasteiger charge is -2.17. The largest absolute Gasteiger partial charge is 0.398 e. The highest BCUT2D eigenvalue weighted by atomic mass is 19.4. The predicted molar refractivity (Wildman–Crippen MR) is 77.0 cm³/mol. The summed E-state index contributed by atoms with van der Waals surface area (Å²) in [5.74, 6) is -0.248. The SMILES string of the molecule is Cc1c(N)cccc1NC(=O)CCN(C)CCC(F)(F)F. The predicted octanol–water partition coefficient (Wildman–Crippen LogP) is 2.79. The monoisotopic (exact) mass is 303 g/mol. The minimum Gasteiger partial charge on any atom is -0.398 e. The van der Waals surface area contributed by atoms with E-state index in [-0.39, 0.29) is 25.4 Å². The Labute approximate surface area is 122 Å². The summed E-state index contributed by atoms with van der Waals surface area (Å²) >= 11 is 0. The van der Waals surface area contributed by atoms with Crippen LogP contribution in [0, 0.1) is 6.92 Å². The highest BCUT2D eigenvalue weighted by Crippen LogP contribution is 2.21. The van der Waals surface area contributed by atoms with E-state index in [2.05, 4.69) is 5.32 Å². The van der Waals surface area contributed by atoms with E-state index in [0.717, 1.165) is 5.56 Å². The van der Waals surface area contributed by atoms with Crippen LogP contribution in [0.3, 0.4) is 0 Å². The Morgan fingerprint density at radius 2 is 2.00 bits per heavy atom. The van der Waals surface area contributed by atoms with Crippen LogP contribution in [-0.4, -0.2) is 37.1 Å². The normalized spacial score (nSPS) is 11.7. The zero-order valence-corrected chi connectivity index (χ0v) is 12.1. The zero-order valence-electron chi connectivity index (χ0n) is 12.1. The van der Waals surface area contributed by atoms with Gasteiger partial charge in [0.15, 0.2) is 0 Å². The Balaban J connectivity index is 2.39. The Kier molecular flexibility index (Phi) is 6.02. The van der Waals surface area contributed by atoms with E-state index in [1.54, 1.807) is 32.2 Å². The van der Waals surface area contributed by atoms with Crippen LogP contribution in [0.4, 0.5) is 24.5 Å². The third-order valence-corrected chi connectivity index (χ3v) is 3.15. The van der Waals surface area contributed by atoms with Gasteiger partial charge in [-0.1, -0.05) is 6.07 Å². The summed E-state index contributed by atoms with van der Waals surface area (Å²) in [7, 11) is 1.56. The molecule has 118 valence electrons. The average molecular weight is 303 g/mol. The van der Waals surface area contributed by atoms with E-state index in [0.29, 0.717) is 11.4 Å². The number of nitrogens with zero attached hydrogens (tertiary/aromatic N) is 1. The first-order valence-corrected chi connectivity index (χ1v) is 6.59. The van der Waals surface area contributed by atoms with Crippen molar-refractivity contribution in [3.63, 3.8) is 0 Å². The van der Waals surface area contributed by atoms with Crippen molar-refractivity contribution in [3.8, 4) is 0 Å². The van der Waals surface area contributed by atoms with Crippen molar-refractivity contribution in [1.29, 1.82) is 0 Å². The fourth-order valence-corrected chi connectivity index (χ4v) is 1.72. The third kappa shape index (κ3) is 6.48. The lowest BCUT2D eigenvalue weighted by atomic mass is 10.1. The number of nitrogen functional groups attached to an aromatic ring is 1. The van der Waals surface area contributed by atoms with Crippen molar-refractivity contribution in [2.24, 2.45) is 0 Å². The fourth-order valence-electron chi connectivity index (χ4n) is 1.72. The first-order chi connectivity index (χ1) is 9.69. The van der Waals surface area contributed by atoms with Crippen LogP contribution in [0.25, 0.3) is 0 Å². The summed E-state index contributed by atoms with van der Waals surface area (Å²) in [6.07, 6.45) is -4.92. The summed E-state index contributed by atoms with van der Waals surface area (Å²) in [5.41, 5.74) is 7.71. The molecule has 3 N–H and O–H groups in total. The van der Waals surface area contributed by atoms with Crippen LogP contribution < -0.4 is 11.1 Å². The number of anilines is 2. The number of halogens is 3. The second kappa shape index (κ2) is 7.31. The Bertz CT molecular complexity index is 489. The maximum atomic E-state index is 12.1. The molecule has 0 atom stereocenters. The van der Waals surface area contributed by atoms with Crippen LogP contribution in [0.1, 0.15) is 18.4 Å². The molecule has 0 fully saturated rings. The van der Waals surface area contributed by atoms with Gasteiger partial charge < -0.3 is 16.0 Å². The Morgan fingerprint density at radius 3 is 2.62 bits per heavy atom. The molecule has 0 saturated carbocycles. The second-order valence-electron chi connectivity index (χ2n) is 4.99. The van der Waals surface area contributed by atoms with E-state index < -0.39 is 12.6 Å². The van der Waals surface area contributed by atoms with Gasteiger partial charge in [-0.2, -0.15) is 13.2 Å². The molecule has 0 spiro atoms. The summed E-state index contributed by atoms with van der Waals surface area (Å²) in [5, 5.41) is 2.71. The molecule has 0 radical (unpaired) electrons. The summed E-state index contributed by atoms with van der Waals surface area (Å²) in [6.45, 7) is 1.94. The van der Waals surface area contributed by atoms with Crippen molar-refractivity contribution in [2.75, 3.05) is 31.2 Å². The molecule has 0 unspecified atom stereocenters. The lowest BCUT2D eigenvalue weighted by Crippen LogP contribution is -2.28. The number of rotatable bonds is 6. The smallest absolute Gasteiger partial charge is 0.390 e. The van der Waals surface area contributed by atoms with E-state index >= 15 is 0 Å². The number of nitrogens with two attached hydrogens (primary N) is 1. The molecule has 0 aliphatic heterocycles. The van der Waals surface area contributed by atoms with Crippen molar-refractivity contribution >= 4 is 17.3 Å². The molecule has 7 heteroatoms. The van der Waals surface area contributed by atoms with Gasteiger partial charge >= 0.3 is 6.18 Å². The third-order valence-electron chi connectivity index (χ3n) is 3.15. The van der Waals surface area contributed by atoms with Gasteiger partial charge in [0.1, 0.15) is 0 Å². The molecule has 1 aromatic rings. The molecule has 1 rings (SSSR count). The van der Waals surface area contributed by atoms with Crippen LogP contribution >= 0.6 is 0 Å². The van der Waals surface area contributed by atoms with Crippen molar-refractivity contribution < 1.29 is 18.0 Å². The minimum absolute atomic E-state index is 0.117. The van der Waals surface area contributed by atoms with Gasteiger partial charge in [0, 0.05) is 30.9 Å². The van der Waals surface area contributed by atoms with Crippen LogP contribution in [0.2, 0.25) is 0 Å². The molecule has 0 heterocycles. The van der Waals surface area contributed by atoms with Crippen LogP contribution in [0.15, 0.2) is 18.2 Å². The van der Waals surface area contributed by atoms with Gasteiger partial charge in [-0.25, -0.2) is 0 Å². The maximum absolute atomic E-state index is 12.1. The number of amides is 1. The molecule has 1 amide bonds. The lowest BCUT2D eigenvalue weighted by molar-refractivity contribution is -0.137. The standard InChI is InChI=1S/C14H20F3N3O/c1-10-11(18)4-3-5-12(10)19-13(21)6-8-20(2)9-7-14(15,16)17/h3-5H,6-9,18H2,1-2H3,(H,19,21). The molecule has 4 nitrogen and oxygen atoms in total. The Hall–Kier alpha value is -1.76. The summed E-state index contributed by atoms with van der Waals surface area (Å²) < 4.78 is 36.2. The first kappa shape index (κ1) is 17.3. The number of nitrogens with one attached hydrogen (secondary N) is 1. The highest BCUT2D eigenvalue weighted by molar-refractivity contribution is 5.92. The van der Waals surface area contributed by atoms with Crippen molar-refractivity contribution in [1.82, 2.24) is 4.90 Å². The number of hydrogen-bond acceptors (Lipinski definition) is 3. The number of alkyl halides is 3. The molecule has 0 aliphatic rings. The van der Waals surface area contributed by atoms with E-state index in [4.69, 9.17) is 5.73 Å². The Morgan fingerprint density at radius 1 is 1.33 bits per heavy atom. The average Bonchev–Trinajstić information content (AvgIpc) is 2.38. The molecule has 0 aromatic heterocycles. The van der Waals surface area contributed by atoms with E-state index in [9.17, 15) is 18.0 Å². The van der Waals surface area contributed by atoms with Gasteiger partial charge in [0.2, 0.25) is 5.91 Å². The molecule has 1 aromatic carbocycles. The molecule has 21 heavy (non-hydrogen) atoms. The first-order valence-electron chi connectivity index (χ1n) is 6.59. The second-order valence-corrected chi connectivity index (χ2v) is 4.99. The molecular formula is C14H20F3N3O. The number of carbonyl (C=O) groups excluding carboxylic acids is 1. The fraction of sp³-hybridized carbons (Fsp3) is 0.500. The van der Waals surface area contributed by atoms with Gasteiger partial charge in [-0.05, 0) is 31.7 Å². The quantitative estimate of drug-likeness (QED) is 0.795.